The zero-order chi connectivity index (χ0) is 14.3. The van der Waals surface area contributed by atoms with Crippen LogP contribution < -0.4 is 20.7 Å². The predicted octanol–water partition coefficient (Wildman–Crippen LogP) is 0.803. The summed E-state index contributed by atoms with van der Waals surface area (Å²) >= 11 is 0. The maximum absolute atomic E-state index is 12.3. The number of ether oxygens (including phenoxy) is 2. The van der Waals surface area contributed by atoms with E-state index in [4.69, 9.17) is 15.3 Å². The van der Waals surface area contributed by atoms with Crippen molar-refractivity contribution in [2.45, 2.75) is 13.2 Å². The highest BCUT2D eigenvalue weighted by atomic mass is 19.3. The Labute approximate surface area is 108 Å². The van der Waals surface area contributed by atoms with Gasteiger partial charge in [-0.25, -0.2) is 0 Å². The van der Waals surface area contributed by atoms with E-state index in [1.54, 1.807) is 12.1 Å². The van der Waals surface area contributed by atoms with Crippen LogP contribution in [0.5, 0.6) is 11.5 Å². The van der Waals surface area contributed by atoms with Gasteiger partial charge in [0.15, 0.2) is 11.5 Å². The van der Waals surface area contributed by atoms with E-state index in [2.05, 4.69) is 10.2 Å². The Hall–Kier alpha value is -1.93. The van der Waals surface area contributed by atoms with E-state index in [1.165, 1.54) is 13.2 Å². The fraction of sp³-hybridized carbons (Fsp3) is 0.364. The number of rotatable bonds is 8. The number of hydrogen-bond acceptors (Lipinski definition) is 5. The molecule has 106 valence electrons. The lowest BCUT2D eigenvalue weighted by atomic mass is 10.2. The molecule has 1 aromatic rings. The van der Waals surface area contributed by atoms with Crippen molar-refractivity contribution in [3.63, 3.8) is 0 Å². The Morgan fingerprint density at radius 2 is 2.21 bits per heavy atom. The van der Waals surface area contributed by atoms with Crippen LogP contribution in [0.15, 0.2) is 18.2 Å². The summed E-state index contributed by atoms with van der Waals surface area (Å²) < 4.78 is 34.0. The van der Waals surface area contributed by atoms with Gasteiger partial charge in [0.1, 0.15) is 6.61 Å². The van der Waals surface area contributed by atoms with Gasteiger partial charge < -0.3 is 15.2 Å². The Morgan fingerprint density at radius 1 is 1.47 bits per heavy atom. The second kappa shape index (κ2) is 7.49. The normalized spacial score (nSPS) is 10.5. The average Bonchev–Trinajstić information content (AvgIpc) is 2.35. The number of nitrogens with one attached hydrogen (secondary N) is 1. The number of hydrogen-bond donors (Lipinski definition) is 2. The molecule has 1 amide bonds. The summed E-state index contributed by atoms with van der Waals surface area (Å²) in [6.45, 7) is -3.25. The number of carbonyl (C=O) groups excluding carboxylic acids is 1. The molecule has 0 saturated heterocycles. The highest BCUT2D eigenvalue weighted by Gasteiger charge is 2.15. The molecule has 0 radical (unpaired) electrons. The minimum absolute atomic E-state index is 0.0481. The molecule has 3 N–H and O–H groups in total. The quantitative estimate of drug-likeness (QED) is 0.542. The van der Waals surface area contributed by atoms with Crippen LogP contribution in [0.2, 0.25) is 0 Å². The Balaban J connectivity index is 2.72. The van der Waals surface area contributed by atoms with Crippen LogP contribution in [-0.4, -0.2) is 26.2 Å². The molecule has 0 aromatic heterocycles. The molecule has 0 atom stereocenters. The monoisotopic (exact) mass is 276 g/mol. The SMILES string of the molecule is COc1cccc(CNOCC(N)=O)c1OC(F)F. The molecular formula is C11H14F2N2O4. The minimum atomic E-state index is -2.97. The number of nitrogens with two attached hydrogens (primary N) is 1. The third-order valence-electron chi connectivity index (χ3n) is 2.07. The van der Waals surface area contributed by atoms with Crippen LogP contribution in [0.3, 0.4) is 0 Å². The Kier molecular flexibility index (Phi) is 5.97. The van der Waals surface area contributed by atoms with Crippen molar-refractivity contribution < 1.29 is 27.9 Å². The molecule has 1 aromatic carbocycles. The molecule has 0 unspecified atom stereocenters. The third kappa shape index (κ3) is 5.06. The Morgan fingerprint density at radius 3 is 2.79 bits per heavy atom. The van der Waals surface area contributed by atoms with Gasteiger partial charge in [0.25, 0.3) is 0 Å². The average molecular weight is 276 g/mol. The zero-order valence-electron chi connectivity index (χ0n) is 10.2. The molecule has 0 heterocycles. The van der Waals surface area contributed by atoms with E-state index < -0.39 is 12.5 Å². The molecule has 1 rings (SSSR count). The molecule has 19 heavy (non-hydrogen) atoms. The number of halogens is 2. The van der Waals surface area contributed by atoms with Crippen LogP contribution in [0.1, 0.15) is 5.56 Å². The fourth-order valence-electron chi connectivity index (χ4n) is 1.34. The second-order valence-electron chi connectivity index (χ2n) is 3.40. The van der Waals surface area contributed by atoms with Crippen molar-refractivity contribution in [3.05, 3.63) is 23.8 Å². The number of primary amides is 1. The first-order chi connectivity index (χ1) is 9.04. The van der Waals surface area contributed by atoms with Gasteiger partial charge in [0, 0.05) is 12.1 Å². The van der Waals surface area contributed by atoms with Gasteiger partial charge in [0.2, 0.25) is 5.91 Å². The van der Waals surface area contributed by atoms with E-state index >= 15 is 0 Å². The first kappa shape index (κ1) is 15.1. The lowest BCUT2D eigenvalue weighted by Crippen LogP contribution is -2.24. The maximum Gasteiger partial charge on any atom is 0.387 e. The van der Waals surface area contributed by atoms with Crippen molar-refractivity contribution in [3.8, 4) is 11.5 Å². The summed E-state index contributed by atoms with van der Waals surface area (Å²) in [5, 5.41) is 0. The van der Waals surface area contributed by atoms with Crippen LogP contribution in [-0.2, 0) is 16.2 Å². The zero-order valence-corrected chi connectivity index (χ0v) is 10.2. The molecular weight excluding hydrogens is 262 g/mol. The summed E-state index contributed by atoms with van der Waals surface area (Å²) in [6.07, 6.45) is 0. The highest BCUT2D eigenvalue weighted by molar-refractivity contribution is 5.74. The van der Waals surface area contributed by atoms with Crippen LogP contribution in [0, 0.1) is 0 Å². The first-order valence-corrected chi connectivity index (χ1v) is 5.28. The van der Waals surface area contributed by atoms with E-state index in [1.807, 2.05) is 0 Å². The highest BCUT2D eigenvalue weighted by Crippen LogP contribution is 2.32. The van der Waals surface area contributed by atoms with Gasteiger partial charge >= 0.3 is 6.61 Å². The standard InChI is InChI=1S/C11H14F2N2O4/c1-17-8-4-2-3-7(10(8)19-11(12)13)5-15-18-6-9(14)16/h2-4,11,15H,5-6H2,1H3,(H2,14,16). The Bertz CT molecular complexity index is 429. The van der Waals surface area contributed by atoms with Crippen molar-refractivity contribution >= 4 is 5.91 Å². The largest absolute Gasteiger partial charge is 0.493 e. The smallest absolute Gasteiger partial charge is 0.387 e. The van der Waals surface area contributed by atoms with Crippen LogP contribution >= 0.6 is 0 Å². The lowest BCUT2D eigenvalue weighted by Gasteiger charge is -2.14. The van der Waals surface area contributed by atoms with Crippen molar-refractivity contribution in [2.24, 2.45) is 5.73 Å². The molecule has 0 spiro atoms. The molecule has 0 aliphatic heterocycles. The van der Waals surface area contributed by atoms with Gasteiger partial charge in [-0.3, -0.25) is 9.63 Å². The maximum atomic E-state index is 12.3. The van der Waals surface area contributed by atoms with E-state index in [-0.39, 0.29) is 24.7 Å². The topological polar surface area (TPSA) is 82.8 Å². The first-order valence-electron chi connectivity index (χ1n) is 5.28. The molecule has 8 heteroatoms. The van der Waals surface area contributed by atoms with Crippen molar-refractivity contribution in [2.75, 3.05) is 13.7 Å². The van der Waals surface area contributed by atoms with Gasteiger partial charge in [-0.15, -0.1) is 0 Å². The summed E-state index contributed by atoms with van der Waals surface area (Å²) in [5.41, 5.74) is 7.67. The van der Waals surface area contributed by atoms with Gasteiger partial charge in [-0.2, -0.15) is 14.3 Å². The fourth-order valence-corrected chi connectivity index (χ4v) is 1.34. The van der Waals surface area contributed by atoms with Gasteiger partial charge in [-0.05, 0) is 6.07 Å². The molecule has 0 fully saturated rings. The third-order valence-corrected chi connectivity index (χ3v) is 2.07. The van der Waals surface area contributed by atoms with E-state index in [0.717, 1.165) is 0 Å². The number of carbonyl (C=O) groups is 1. The molecule has 0 aliphatic rings. The number of amides is 1. The van der Waals surface area contributed by atoms with Crippen LogP contribution in [0.4, 0.5) is 8.78 Å². The predicted molar refractivity (Wildman–Crippen MR) is 61.6 cm³/mol. The lowest BCUT2D eigenvalue weighted by molar-refractivity contribution is -0.125. The molecule has 0 saturated carbocycles. The van der Waals surface area contributed by atoms with Gasteiger partial charge in [0.05, 0.1) is 7.11 Å². The molecule has 6 nitrogen and oxygen atoms in total. The molecule has 0 aliphatic carbocycles. The number of para-hydroxylation sites is 1. The molecule has 0 bridgehead atoms. The summed E-state index contributed by atoms with van der Waals surface area (Å²) in [6, 6.07) is 4.66. The number of benzene rings is 1. The minimum Gasteiger partial charge on any atom is -0.493 e. The summed E-state index contributed by atoms with van der Waals surface area (Å²) in [7, 11) is 1.34. The van der Waals surface area contributed by atoms with Crippen molar-refractivity contribution in [1.82, 2.24) is 5.48 Å². The summed E-state index contributed by atoms with van der Waals surface area (Å²) in [5.74, 6) is -0.563. The number of methoxy groups -OCH3 is 1. The van der Waals surface area contributed by atoms with Crippen LogP contribution in [0.25, 0.3) is 0 Å². The van der Waals surface area contributed by atoms with E-state index in [0.29, 0.717) is 5.56 Å². The van der Waals surface area contributed by atoms with Crippen molar-refractivity contribution in [1.29, 1.82) is 0 Å². The van der Waals surface area contributed by atoms with Gasteiger partial charge in [-0.1, -0.05) is 12.1 Å². The van der Waals surface area contributed by atoms with E-state index in [9.17, 15) is 13.6 Å². The number of alkyl halides is 2. The summed E-state index contributed by atoms with van der Waals surface area (Å²) in [4.78, 5) is 15.2. The number of hydroxylamine groups is 1. The second-order valence-corrected chi connectivity index (χ2v) is 3.40.